The van der Waals surface area contributed by atoms with E-state index in [1.165, 1.54) is 0 Å². The average Bonchev–Trinajstić information content (AvgIpc) is 2.73. The Bertz CT molecular complexity index is 420. The lowest BCUT2D eigenvalue weighted by molar-refractivity contribution is -0.164. The molecule has 1 atom stereocenters. The Hall–Kier alpha value is -1.43. The second-order valence-corrected chi connectivity index (χ2v) is 4.14. The summed E-state index contributed by atoms with van der Waals surface area (Å²) in [6.07, 6.45) is -3.66. The predicted octanol–water partition coefficient (Wildman–Crippen LogP) is 2.85. The molecule has 1 aromatic rings. The number of benzene rings is 1. The lowest BCUT2D eigenvalue weighted by Gasteiger charge is -2.19. The summed E-state index contributed by atoms with van der Waals surface area (Å²) in [5.41, 5.74) is 0.794. The number of halogens is 3. The van der Waals surface area contributed by atoms with Crippen molar-refractivity contribution in [1.82, 2.24) is 5.32 Å². The zero-order valence-corrected chi connectivity index (χ0v) is 9.88. The molecule has 0 bridgehead atoms. The molecule has 3 nitrogen and oxygen atoms in total. The summed E-state index contributed by atoms with van der Waals surface area (Å²) in [4.78, 5) is 0. The van der Waals surface area contributed by atoms with Crippen molar-refractivity contribution < 1.29 is 22.6 Å². The minimum Gasteiger partial charge on any atom is -0.454 e. The van der Waals surface area contributed by atoms with Crippen LogP contribution in [0.5, 0.6) is 11.5 Å². The molecule has 1 aromatic carbocycles. The van der Waals surface area contributed by atoms with Crippen LogP contribution in [-0.4, -0.2) is 19.1 Å². The summed E-state index contributed by atoms with van der Waals surface area (Å²) >= 11 is 0. The van der Waals surface area contributed by atoms with Gasteiger partial charge in [-0.15, -0.1) is 0 Å². The second kappa shape index (κ2) is 5.06. The monoisotopic (exact) mass is 261 g/mol. The first-order valence-electron chi connectivity index (χ1n) is 5.71. The van der Waals surface area contributed by atoms with Crippen molar-refractivity contribution in [3.63, 3.8) is 0 Å². The van der Waals surface area contributed by atoms with Crippen molar-refractivity contribution in [3.05, 3.63) is 23.8 Å². The van der Waals surface area contributed by atoms with Gasteiger partial charge in [0, 0.05) is 6.04 Å². The van der Waals surface area contributed by atoms with Crippen LogP contribution < -0.4 is 14.8 Å². The number of fused-ring (bicyclic) bond motifs is 1. The first-order valence-corrected chi connectivity index (χ1v) is 5.71. The van der Waals surface area contributed by atoms with Crippen molar-refractivity contribution >= 4 is 0 Å². The molecule has 0 saturated carbocycles. The van der Waals surface area contributed by atoms with E-state index in [9.17, 15) is 13.2 Å². The van der Waals surface area contributed by atoms with E-state index in [1.54, 1.807) is 30.4 Å². The maximum absolute atomic E-state index is 12.3. The van der Waals surface area contributed by atoms with Gasteiger partial charge in [-0.2, -0.15) is 13.2 Å². The topological polar surface area (TPSA) is 30.5 Å². The third-order valence-corrected chi connectivity index (χ3v) is 2.78. The summed E-state index contributed by atoms with van der Waals surface area (Å²) in [5, 5.41) is 1.65. The SMILES string of the molecule is CCC(Cc1ccc2c(c1)OCO2)NC(F)(F)F. The molecule has 18 heavy (non-hydrogen) atoms. The predicted molar refractivity (Wildman–Crippen MR) is 59.5 cm³/mol. The molecule has 2 rings (SSSR count). The Morgan fingerprint density at radius 2 is 2.00 bits per heavy atom. The largest absolute Gasteiger partial charge is 0.457 e. The number of hydrogen-bond acceptors (Lipinski definition) is 3. The van der Waals surface area contributed by atoms with Crippen LogP contribution in [0.3, 0.4) is 0 Å². The molecule has 6 heteroatoms. The summed E-state index contributed by atoms with van der Waals surface area (Å²) < 4.78 is 47.1. The summed E-state index contributed by atoms with van der Waals surface area (Å²) in [6, 6.07) is 4.57. The Labute approximate surface area is 103 Å². The van der Waals surface area contributed by atoms with E-state index in [0.717, 1.165) is 5.56 Å². The van der Waals surface area contributed by atoms with Gasteiger partial charge in [0.25, 0.3) is 0 Å². The van der Waals surface area contributed by atoms with Gasteiger partial charge in [0.05, 0.1) is 0 Å². The highest BCUT2D eigenvalue weighted by atomic mass is 19.4. The minimum atomic E-state index is -4.35. The summed E-state index contributed by atoms with van der Waals surface area (Å²) in [5.74, 6) is 1.23. The Morgan fingerprint density at radius 3 is 2.67 bits per heavy atom. The van der Waals surface area contributed by atoms with E-state index in [1.807, 2.05) is 0 Å². The average molecular weight is 261 g/mol. The highest BCUT2D eigenvalue weighted by Crippen LogP contribution is 2.33. The number of hydrogen-bond donors (Lipinski definition) is 1. The molecule has 0 spiro atoms. The Balaban J connectivity index is 2.03. The van der Waals surface area contributed by atoms with Gasteiger partial charge in [-0.3, -0.25) is 0 Å². The normalized spacial score (nSPS) is 15.8. The van der Waals surface area contributed by atoms with Gasteiger partial charge in [0.2, 0.25) is 6.79 Å². The molecule has 0 radical (unpaired) electrons. The zero-order valence-electron chi connectivity index (χ0n) is 9.88. The number of nitrogens with one attached hydrogen (secondary N) is 1. The van der Waals surface area contributed by atoms with E-state index in [0.29, 0.717) is 24.3 Å². The zero-order chi connectivity index (χ0) is 13.2. The molecule has 0 aliphatic carbocycles. The van der Waals surface area contributed by atoms with Crippen LogP contribution in [-0.2, 0) is 6.42 Å². The molecular formula is C12H14F3NO2. The van der Waals surface area contributed by atoms with Crippen LogP contribution in [0.2, 0.25) is 0 Å². The molecule has 1 N–H and O–H groups in total. The molecule has 100 valence electrons. The van der Waals surface area contributed by atoms with Gasteiger partial charge < -0.3 is 9.47 Å². The molecule has 0 amide bonds. The van der Waals surface area contributed by atoms with E-state index in [-0.39, 0.29) is 6.79 Å². The first-order chi connectivity index (χ1) is 8.48. The van der Waals surface area contributed by atoms with E-state index in [4.69, 9.17) is 9.47 Å². The Kier molecular flexibility index (Phi) is 3.65. The van der Waals surface area contributed by atoms with Crippen LogP contribution in [0.1, 0.15) is 18.9 Å². The molecule has 1 unspecified atom stereocenters. The van der Waals surface area contributed by atoms with Crippen molar-refractivity contribution in [1.29, 1.82) is 0 Å². The molecule has 1 aliphatic rings. The Morgan fingerprint density at radius 1 is 1.28 bits per heavy atom. The smallest absolute Gasteiger partial charge is 0.454 e. The third-order valence-electron chi connectivity index (χ3n) is 2.78. The summed E-state index contributed by atoms with van der Waals surface area (Å²) in [7, 11) is 0. The maximum Gasteiger partial charge on any atom is 0.457 e. The molecule has 0 aromatic heterocycles. The van der Waals surface area contributed by atoms with Gasteiger partial charge in [-0.05, 0) is 30.5 Å². The van der Waals surface area contributed by atoms with Crippen LogP contribution in [0.25, 0.3) is 0 Å². The third kappa shape index (κ3) is 3.29. The number of alkyl halides is 3. The highest BCUT2D eigenvalue weighted by molar-refractivity contribution is 5.44. The maximum atomic E-state index is 12.3. The molecule has 0 saturated heterocycles. The molecule has 1 heterocycles. The molecular weight excluding hydrogens is 247 g/mol. The minimum absolute atomic E-state index is 0.163. The van der Waals surface area contributed by atoms with Gasteiger partial charge >= 0.3 is 6.30 Å². The van der Waals surface area contributed by atoms with Crippen LogP contribution in [0.4, 0.5) is 13.2 Å². The van der Waals surface area contributed by atoms with Crippen LogP contribution in [0.15, 0.2) is 18.2 Å². The van der Waals surface area contributed by atoms with Gasteiger partial charge in [0.1, 0.15) is 0 Å². The lowest BCUT2D eigenvalue weighted by atomic mass is 10.0. The van der Waals surface area contributed by atoms with Crippen molar-refractivity contribution in [2.24, 2.45) is 0 Å². The quantitative estimate of drug-likeness (QED) is 0.845. The van der Waals surface area contributed by atoms with Crippen molar-refractivity contribution in [2.45, 2.75) is 32.1 Å². The van der Waals surface area contributed by atoms with Crippen LogP contribution in [0, 0.1) is 0 Å². The van der Waals surface area contributed by atoms with E-state index in [2.05, 4.69) is 0 Å². The lowest BCUT2D eigenvalue weighted by Crippen LogP contribution is -2.41. The number of ether oxygens (including phenoxy) is 2. The second-order valence-electron chi connectivity index (χ2n) is 4.14. The fraction of sp³-hybridized carbons (Fsp3) is 0.500. The summed E-state index contributed by atoms with van der Waals surface area (Å²) in [6.45, 7) is 1.88. The van der Waals surface area contributed by atoms with E-state index < -0.39 is 12.3 Å². The first kappa shape index (κ1) is 13.0. The molecule has 0 fully saturated rings. The van der Waals surface area contributed by atoms with Crippen molar-refractivity contribution in [3.8, 4) is 11.5 Å². The molecule has 1 aliphatic heterocycles. The van der Waals surface area contributed by atoms with Crippen LogP contribution >= 0.6 is 0 Å². The van der Waals surface area contributed by atoms with Gasteiger partial charge in [-0.1, -0.05) is 13.0 Å². The van der Waals surface area contributed by atoms with E-state index >= 15 is 0 Å². The standard InChI is InChI=1S/C12H14F3NO2/c1-2-9(16-12(13,14)15)5-8-3-4-10-11(6-8)18-7-17-10/h3-4,6,9,16H,2,5,7H2,1H3. The van der Waals surface area contributed by atoms with Gasteiger partial charge in [0.15, 0.2) is 11.5 Å². The van der Waals surface area contributed by atoms with Gasteiger partial charge in [-0.25, -0.2) is 5.32 Å². The highest BCUT2D eigenvalue weighted by Gasteiger charge is 2.30. The van der Waals surface area contributed by atoms with Crippen molar-refractivity contribution in [2.75, 3.05) is 6.79 Å². The fourth-order valence-electron chi connectivity index (χ4n) is 1.88. The fourth-order valence-corrected chi connectivity index (χ4v) is 1.88. The number of rotatable bonds is 4.